The topological polar surface area (TPSA) is 41.5 Å². The number of hydrogen-bond acceptors (Lipinski definition) is 3. The molecule has 0 amide bonds. The highest BCUT2D eigenvalue weighted by atomic mass is 79.9. The van der Waals surface area contributed by atoms with Gasteiger partial charge in [0.25, 0.3) is 0 Å². The van der Waals surface area contributed by atoms with Crippen molar-refractivity contribution in [2.45, 2.75) is 25.9 Å². The van der Waals surface area contributed by atoms with Crippen LogP contribution in [0.4, 0.5) is 0 Å². The molecule has 1 atom stereocenters. The largest absolute Gasteiger partial charge is 0.493 e. The molecule has 0 fully saturated rings. The summed E-state index contributed by atoms with van der Waals surface area (Å²) in [6.45, 7) is 4.22. The summed E-state index contributed by atoms with van der Waals surface area (Å²) in [5.41, 5.74) is 0.857. The standard InChI is InChI=1S/C14H22BrNO2/c1-2-3-10-18-14-7-5-4-6-12(14)13(17)11-16-9-8-15/h4-7,13,16-17H,2-3,8-11H2,1H3. The average molecular weight is 316 g/mol. The Kier molecular flexibility index (Phi) is 8.05. The quantitative estimate of drug-likeness (QED) is 0.544. The van der Waals surface area contributed by atoms with Gasteiger partial charge in [-0.05, 0) is 12.5 Å². The molecule has 0 aliphatic carbocycles. The summed E-state index contributed by atoms with van der Waals surface area (Å²) >= 11 is 3.34. The van der Waals surface area contributed by atoms with Crippen molar-refractivity contribution in [3.63, 3.8) is 0 Å². The third kappa shape index (κ3) is 5.38. The third-order valence-corrected chi connectivity index (χ3v) is 3.04. The van der Waals surface area contributed by atoms with Crippen molar-refractivity contribution in [3.8, 4) is 5.75 Å². The SMILES string of the molecule is CCCCOc1ccccc1C(O)CNCCBr. The monoisotopic (exact) mass is 315 g/mol. The van der Waals surface area contributed by atoms with Crippen LogP contribution in [0.1, 0.15) is 31.4 Å². The summed E-state index contributed by atoms with van der Waals surface area (Å²) in [5.74, 6) is 0.791. The molecule has 0 aliphatic heterocycles. The molecule has 102 valence electrons. The van der Waals surface area contributed by atoms with Crippen LogP contribution in [0.2, 0.25) is 0 Å². The highest BCUT2D eigenvalue weighted by Gasteiger charge is 2.12. The number of para-hydroxylation sites is 1. The first kappa shape index (κ1) is 15.5. The number of nitrogens with one attached hydrogen (secondary N) is 1. The predicted molar refractivity (Wildman–Crippen MR) is 78.5 cm³/mol. The molecular weight excluding hydrogens is 294 g/mol. The molecule has 0 heterocycles. The summed E-state index contributed by atoms with van der Waals surface area (Å²) in [5, 5.41) is 14.2. The summed E-state index contributed by atoms with van der Waals surface area (Å²) in [6.07, 6.45) is 1.62. The van der Waals surface area contributed by atoms with Crippen molar-refractivity contribution >= 4 is 15.9 Å². The van der Waals surface area contributed by atoms with Gasteiger partial charge in [0.15, 0.2) is 0 Å². The van der Waals surface area contributed by atoms with Gasteiger partial charge in [0.2, 0.25) is 0 Å². The minimum Gasteiger partial charge on any atom is -0.493 e. The fraction of sp³-hybridized carbons (Fsp3) is 0.571. The fourth-order valence-corrected chi connectivity index (χ4v) is 1.91. The maximum Gasteiger partial charge on any atom is 0.125 e. The number of alkyl halides is 1. The molecule has 0 radical (unpaired) electrons. The number of halogens is 1. The van der Waals surface area contributed by atoms with Crippen LogP contribution in [0, 0.1) is 0 Å². The van der Waals surface area contributed by atoms with Crippen LogP contribution in [0.15, 0.2) is 24.3 Å². The number of aliphatic hydroxyl groups excluding tert-OH is 1. The molecule has 0 saturated carbocycles. The van der Waals surface area contributed by atoms with E-state index < -0.39 is 6.10 Å². The van der Waals surface area contributed by atoms with Gasteiger partial charge in [0, 0.05) is 24.0 Å². The van der Waals surface area contributed by atoms with E-state index in [1.54, 1.807) is 0 Å². The number of unbranched alkanes of at least 4 members (excludes halogenated alkanes) is 1. The lowest BCUT2D eigenvalue weighted by Crippen LogP contribution is -2.23. The minimum atomic E-state index is -0.526. The first-order valence-corrected chi connectivity index (χ1v) is 7.58. The van der Waals surface area contributed by atoms with Gasteiger partial charge < -0.3 is 15.2 Å². The molecule has 0 spiro atoms. The Hall–Kier alpha value is -0.580. The second kappa shape index (κ2) is 9.36. The van der Waals surface area contributed by atoms with Gasteiger partial charge in [0.1, 0.15) is 5.75 Å². The number of aliphatic hydroxyl groups is 1. The number of rotatable bonds is 9. The molecule has 0 bridgehead atoms. The van der Waals surface area contributed by atoms with E-state index in [0.29, 0.717) is 13.2 Å². The van der Waals surface area contributed by atoms with Gasteiger partial charge in [-0.15, -0.1) is 0 Å². The predicted octanol–water partition coefficient (Wildman–Crippen LogP) is 2.88. The van der Waals surface area contributed by atoms with Crippen molar-refractivity contribution in [2.75, 3.05) is 25.0 Å². The van der Waals surface area contributed by atoms with Gasteiger partial charge in [-0.1, -0.05) is 47.5 Å². The molecule has 0 aliphatic rings. The summed E-state index contributed by atoms with van der Waals surface area (Å²) in [4.78, 5) is 0. The van der Waals surface area contributed by atoms with E-state index in [4.69, 9.17) is 4.74 Å². The maximum atomic E-state index is 10.1. The Bertz CT molecular complexity index is 333. The second-order valence-corrected chi connectivity index (χ2v) is 4.94. The van der Waals surface area contributed by atoms with E-state index in [1.807, 2.05) is 24.3 Å². The Morgan fingerprint density at radius 1 is 1.39 bits per heavy atom. The summed E-state index contributed by atoms with van der Waals surface area (Å²) in [7, 11) is 0. The van der Waals surface area contributed by atoms with Crippen LogP contribution in [0.25, 0.3) is 0 Å². The molecule has 2 N–H and O–H groups in total. The van der Waals surface area contributed by atoms with Crippen LogP contribution in [-0.2, 0) is 0 Å². The Balaban J connectivity index is 2.56. The van der Waals surface area contributed by atoms with Crippen molar-refractivity contribution in [2.24, 2.45) is 0 Å². The minimum absolute atomic E-state index is 0.526. The zero-order valence-corrected chi connectivity index (χ0v) is 12.4. The van der Waals surface area contributed by atoms with E-state index in [0.717, 1.165) is 36.0 Å². The van der Waals surface area contributed by atoms with Gasteiger partial charge in [-0.25, -0.2) is 0 Å². The third-order valence-electron chi connectivity index (χ3n) is 2.64. The molecular formula is C14H22BrNO2. The van der Waals surface area contributed by atoms with Crippen molar-refractivity contribution in [1.29, 1.82) is 0 Å². The summed E-state index contributed by atoms with van der Waals surface area (Å²) in [6, 6.07) is 7.69. The van der Waals surface area contributed by atoms with Crippen LogP contribution < -0.4 is 10.1 Å². The fourth-order valence-electron chi connectivity index (χ4n) is 1.63. The molecule has 4 heteroatoms. The number of benzene rings is 1. The van der Waals surface area contributed by atoms with Gasteiger partial charge in [-0.2, -0.15) is 0 Å². The molecule has 1 aromatic carbocycles. The molecule has 0 aromatic heterocycles. The zero-order chi connectivity index (χ0) is 13.2. The molecule has 1 rings (SSSR count). The van der Waals surface area contributed by atoms with E-state index >= 15 is 0 Å². The highest BCUT2D eigenvalue weighted by molar-refractivity contribution is 9.09. The Morgan fingerprint density at radius 3 is 2.89 bits per heavy atom. The smallest absolute Gasteiger partial charge is 0.125 e. The molecule has 18 heavy (non-hydrogen) atoms. The van der Waals surface area contributed by atoms with Crippen LogP contribution in [0.3, 0.4) is 0 Å². The molecule has 0 saturated heterocycles. The highest BCUT2D eigenvalue weighted by Crippen LogP contribution is 2.24. The van der Waals surface area contributed by atoms with E-state index in [9.17, 15) is 5.11 Å². The van der Waals surface area contributed by atoms with Crippen molar-refractivity contribution in [3.05, 3.63) is 29.8 Å². The lowest BCUT2D eigenvalue weighted by atomic mass is 10.1. The van der Waals surface area contributed by atoms with Crippen LogP contribution >= 0.6 is 15.9 Å². The number of ether oxygens (including phenoxy) is 1. The lowest BCUT2D eigenvalue weighted by Gasteiger charge is -2.16. The first-order valence-electron chi connectivity index (χ1n) is 6.46. The molecule has 1 aromatic rings. The Labute approximate surface area is 118 Å². The van der Waals surface area contributed by atoms with Crippen LogP contribution in [-0.4, -0.2) is 30.1 Å². The van der Waals surface area contributed by atoms with Gasteiger partial charge in [-0.3, -0.25) is 0 Å². The van der Waals surface area contributed by atoms with Crippen molar-refractivity contribution < 1.29 is 9.84 Å². The van der Waals surface area contributed by atoms with E-state index in [2.05, 4.69) is 28.2 Å². The normalized spacial score (nSPS) is 12.4. The second-order valence-electron chi connectivity index (χ2n) is 4.15. The van der Waals surface area contributed by atoms with Crippen molar-refractivity contribution in [1.82, 2.24) is 5.32 Å². The zero-order valence-electron chi connectivity index (χ0n) is 10.9. The average Bonchev–Trinajstić information content (AvgIpc) is 2.40. The molecule has 3 nitrogen and oxygen atoms in total. The van der Waals surface area contributed by atoms with Gasteiger partial charge >= 0.3 is 0 Å². The molecule has 1 unspecified atom stereocenters. The lowest BCUT2D eigenvalue weighted by molar-refractivity contribution is 0.169. The Morgan fingerprint density at radius 2 is 2.17 bits per heavy atom. The van der Waals surface area contributed by atoms with E-state index in [-0.39, 0.29) is 0 Å². The first-order chi connectivity index (χ1) is 8.79. The number of hydrogen-bond donors (Lipinski definition) is 2. The van der Waals surface area contributed by atoms with Gasteiger partial charge in [0.05, 0.1) is 12.7 Å². The summed E-state index contributed by atoms with van der Waals surface area (Å²) < 4.78 is 5.71. The van der Waals surface area contributed by atoms with Crippen LogP contribution in [0.5, 0.6) is 5.75 Å². The maximum absolute atomic E-state index is 10.1. The van der Waals surface area contributed by atoms with E-state index in [1.165, 1.54) is 0 Å².